The van der Waals surface area contributed by atoms with Gasteiger partial charge in [-0.25, -0.2) is 9.97 Å². The molecule has 0 bridgehead atoms. The van der Waals surface area contributed by atoms with Crippen LogP contribution in [0.3, 0.4) is 0 Å². The molecule has 5 heteroatoms. The van der Waals surface area contributed by atoms with Gasteiger partial charge in [0.1, 0.15) is 5.82 Å². The maximum Gasteiger partial charge on any atom is 0.224 e. The summed E-state index contributed by atoms with van der Waals surface area (Å²) in [6.07, 6.45) is 4.20. The Kier molecular flexibility index (Phi) is 4.18. The van der Waals surface area contributed by atoms with Gasteiger partial charge in [-0.3, -0.25) is 0 Å². The summed E-state index contributed by atoms with van der Waals surface area (Å²) in [6, 6.07) is 2.45. The van der Waals surface area contributed by atoms with Crippen molar-refractivity contribution in [3.05, 3.63) is 17.0 Å². The monoisotopic (exact) mass is 255 g/mol. The van der Waals surface area contributed by atoms with Crippen LogP contribution in [0.2, 0.25) is 5.28 Å². The van der Waals surface area contributed by atoms with Gasteiger partial charge in [0, 0.05) is 31.0 Å². The van der Waals surface area contributed by atoms with E-state index in [1.807, 2.05) is 13.0 Å². The quantitative estimate of drug-likeness (QED) is 0.838. The Morgan fingerprint density at radius 3 is 3.06 bits per heavy atom. The molecule has 1 aliphatic rings. The summed E-state index contributed by atoms with van der Waals surface area (Å²) in [5.74, 6) is 0.919. The third-order valence-corrected chi connectivity index (χ3v) is 3.35. The highest BCUT2D eigenvalue weighted by molar-refractivity contribution is 6.28. The van der Waals surface area contributed by atoms with Gasteiger partial charge >= 0.3 is 0 Å². The molecule has 0 saturated carbocycles. The number of rotatable bonds is 4. The number of anilines is 1. The summed E-state index contributed by atoms with van der Waals surface area (Å²) in [5.41, 5.74) is 0.896. The first-order chi connectivity index (χ1) is 8.20. The summed E-state index contributed by atoms with van der Waals surface area (Å²) in [4.78, 5) is 10.7. The van der Waals surface area contributed by atoms with E-state index in [1.165, 1.54) is 12.8 Å². The van der Waals surface area contributed by atoms with E-state index < -0.39 is 0 Å². The van der Waals surface area contributed by atoms with Crippen molar-refractivity contribution >= 4 is 17.4 Å². The van der Waals surface area contributed by atoms with Crippen LogP contribution in [0.25, 0.3) is 0 Å². The van der Waals surface area contributed by atoms with Crippen LogP contribution in [0.4, 0.5) is 5.82 Å². The van der Waals surface area contributed by atoms with Crippen LogP contribution in [0.15, 0.2) is 6.07 Å². The molecular formula is C12H18ClN3O. The second-order valence-corrected chi connectivity index (χ2v) is 4.83. The number of aliphatic hydroxyl groups excluding tert-OH is 1. The summed E-state index contributed by atoms with van der Waals surface area (Å²) in [5, 5.41) is 9.22. The SMILES string of the molecule is Cc1cc(N2CCCC2CCCO)nc(Cl)n1. The highest BCUT2D eigenvalue weighted by Gasteiger charge is 2.25. The Hall–Kier alpha value is -0.870. The number of halogens is 1. The van der Waals surface area contributed by atoms with Crippen LogP contribution in [-0.2, 0) is 0 Å². The van der Waals surface area contributed by atoms with Gasteiger partial charge in [0.05, 0.1) is 0 Å². The highest BCUT2D eigenvalue weighted by atomic mass is 35.5. The van der Waals surface area contributed by atoms with Crippen LogP contribution < -0.4 is 4.90 Å². The average molecular weight is 256 g/mol. The molecule has 17 heavy (non-hydrogen) atoms. The van der Waals surface area contributed by atoms with Crippen molar-refractivity contribution in [2.24, 2.45) is 0 Å². The minimum atomic E-state index is 0.258. The maximum atomic E-state index is 8.91. The molecule has 0 radical (unpaired) electrons. The molecule has 1 fully saturated rings. The predicted molar refractivity (Wildman–Crippen MR) is 68.5 cm³/mol. The third-order valence-electron chi connectivity index (χ3n) is 3.18. The van der Waals surface area contributed by atoms with E-state index in [9.17, 15) is 0 Å². The maximum absolute atomic E-state index is 8.91. The first-order valence-corrected chi connectivity index (χ1v) is 6.47. The molecule has 0 amide bonds. The molecule has 2 rings (SSSR count). The van der Waals surface area contributed by atoms with E-state index in [1.54, 1.807) is 0 Å². The van der Waals surface area contributed by atoms with Crippen LogP contribution >= 0.6 is 11.6 Å². The van der Waals surface area contributed by atoms with Crippen molar-refractivity contribution in [3.63, 3.8) is 0 Å². The Balaban J connectivity index is 2.14. The summed E-state index contributed by atoms with van der Waals surface area (Å²) in [7, 11) is 0. The first kappa shape index (κ1) is 12.6. The molecule has 1 aromatic heterocycles. The van der Waals surface area contributed by atoms with Gasteiger partial charge in [0.2, 0.25) is 5.28 Å². The Morgan fingerprint density at radius 2 is 2.35 bits per heavy atom. The minimum Gasteiger partial charge on any atom is -0.396 e. The second-order valence-electron chi connectivity index (χ2n) is 4.49. The zero-order valence-corrected chi connectivity index (χ0v) is 10.8. The molecule has 1 N–H and O–H groups in total. The summed E-state index contributed by atoms with van der Waals surface area (Å²) < 4.78 is 0. The van der Waals surface area contributed by atoms with Gasteiger partial charge in [-0.2, -0.15) is 0 Å². The minimum absolute atomic E-state index is 0.258. The van der Waals surface area contributed by atoms with Crippen molar-refractivity contribution in [2.75, 3.05) is 18.1 Å². The Labute approximate surface area is 107 Å². The Bertz CT molecular complexity index is 366. The zero-order valence-electron chi connectivity index (χ0n) is 10.1. The molecule has 0 aromatic carbocycles. The normalized spacial score (nSPS) is 19.9. The molecule has 94 valence electrons. The largest absolute Gasteiger partial charge is 0.396 e. The fourth-order valence-electron chi connectivity index (χ4n) is 2.43. The molecule has 1 unspecified atom stereocenters. The van der Waals surface area contributed by atoms with E-state index in [4.69, 9.17) is 16.7 Å². The number of aliphatic hydroxyl groups is 1. The van der Waals surface area contributed by atoms with Crippen molar-refractivity contribution in [1.29, 1.82) is 0 Å². The molecule has 1 aromatic rings. The van der Waals surface area contributed by atoms with Crippen LogP contribution in [-0.4, -0.2) is 34.3 Å². The van der Waals surface area contributed by atoms with E-state index in [0.717, 1.165) is 30.9 Å². The third kappa shape index (κ3) is 3.07. The van der Waals surface area contributed by atoms with Crippen molar-refractivity contribution < 1.29 is 5.11 Å². The Morgan fingerprint density at radius 1 is 1.53 bits per heavy atom. The highest BCUT2D eigenvalue weighted by Crippen LogP contribution is 2.27. The van der Waals surface area contributed by atoms with Crippen LogP contribution in [0.1, 0.15) is 31.4 Å². The van der Waals surface area contributed by atoms with Crippen LogP contribution in [0, 0.1) is 6.92 Å². The van der Waals surface area contributed by atoms with E-state index >= 15 is 0 Å². The summed E-state index contributed by atoms with van der Waals surface area (Å²) in [6.45, 7) is 3.20. The van der Waals surface area contributed by atoms with Crippen molar-refractivity contribution in [3.8, 4) is 0 Å². The fourth-order valence-corrected chi connectivity index (χ4v) is 2.65. The number of aryl methyl sites for hydroxylation is 1. The summed E-state index contributed by atoms with van der Waals surface area (Å²) >= 11 is 5.89. The second kappa shape index (κ2) is 5.65. The number of hydrogen-bond donors (Lipinski definition) is 1. The van der Waals surface area contributed by atoms with E-state index in [2.05, 4.69) is 14.9 Å². The fraction of sp³-hybridized carbons (Fsp3) is 0.667. The molecule has 1 saturated heterocycles. The average Bonchev–Trinajstić information content (AvgIpc) is 2.73. The van der Waals surface area contributed by atoms with Gasteiger partial charge in [-0.1, -0.05) is 0 Å². The van der Waals surface area contributed by atoms with Crippen LogP contribution in [0.5, 0.6) is 0 Å². The van der Waals surface area contributed by atoms with Crippen molar-refractivity contribution in [2.45, 2.75) is 38.6 Å². The molecule has 4 nitrogen and oxygen atoms in total. The lowest BCUT2D eigenvalue weighted by Gasteiger charge is -2.25. The first-order valence-electron chi connectivity index (χ1n) is 6.09. The van der Waals surface area contributed by atoms with Gasteiger partial charge in [-0.15, -0.1) is 0 Å². The predicted octanol–water partition coefficient (Wildman–Crippen LogP) is 2.18. The molecule has 1 aliphatic heterocycles. The van der Waals surface area contributed by atoms with Gasteiger partial charge in [-0.05, 0) is 44.2 Å². The molecule has 2 heterocycles. The van der Waals surface area contributed by atoms with E-state index in [0.29, 0.717) is 11.3 Å². The number of hydrogen-bond acceptors (Lipinski definition) is 4. The van der Waals surface area contributed by atoms with E-state index in [-0.39, 0.29) is 6.61 Å². The molecule has 1 atom stereocenters. The van der Waals surface area contributed by atoms with Gasteiger partial charge in [0.25, 0.3) is 0 Å². The standard InChI is InChI=1S/C12H18ClN3O/c1-9-8-11(15-12(13)14-9)16-6-2-4-10(16)5-3-7-17/h8,10,17H,2-7H2,1H3. The lowest BCUT2D eigenvalue weighted by Crippen LogP contribution is -2.30. The molecule has 0 aliphatic carbocycles. The lowest BCUT2D eigenvalue weighted by atomic mass is 10.1. The molecule has 0 spiro atoms. The zero-order chi connectivity index (χ0) is 12.3. The number of aromatic nitrogens is 2. The molecular weight excluding hydrogens is 238 g/mol. The number of nitrogens with zero attached hydrogens (tertiary/aromatic N) is 3. The van der Waals surface area contributed by atoms with Gasteiger partial charge < -0.3 is 10.0 Å². The van der Waals surface area contributed by atoms with Gasteiger partial charge in [0.15, 0.2) is 0 Å². The smallest absolute Gasteiger partial charge is 0.224 e. The topological polar surface area (TPSA) is 49.2 Å². The van der Waals surface area contributed by atoms with Crippen molar-refractivity contribution in [1.82, 2.24) is 9.97 Å². The lowest BCUT2D eigenvalue weighted by molar-refractivity contribution is 0.279.